The predicted molar refractivity (Wildman–Crippen MR) is 64.4 cm³/mol. The van der Waals surface area contributed by atoms with Gasteiger partial charge in [-0.2, -0.15) is 0 Å². The van der Waals surface area contributed by atoms with Crippen LogP contribution in [0.25, 0.3) is 0 Å². The maximum atomic E-state index is 13.7. The second kappa shape index (κ2) is 4.84. The Morgan fingerprint density at radius 2 is 1.78 bits per heavy atom. The minimum Gasteiger partial charge on any atom is -0.487 e. The average molecular weight is 253 g/mol. The third-order valence-electron chi connectivity index (χ3n) is 3.39. The minimum atomic E-state index is -0.594. The lowest BCUT2D eigenvalue weighted by molar-refractivity contribution is 0.270. The van der Waals surface area contributed by atoms with E-state index in [4.69, 9.17) is 4.74 Å². The zero-order valence-corrected chi connectivity index (χ0v) is 10.2. The maximum Gasteiger partial charge on any atom is 0.190 e. The highest BCUT2D eigenvalue weighted by Gasteiger charge is 2.24. The molecule has 0 atom stereocenters. The van der Waals surface area contributed by atoms with Gasteiger partial charge in [0, 0.05) is 12.6 Å². The van der Waals surface area contributed by atoms with E-state index in [9.17, 15) is 8.78 Å². The quantitative estimate of drug-likeness (QED) is 0.841. The van der Waals surface area contributed by atoms with Crippen molar-refractivity contribution in [2.75, 3.05) is 6.61 Å². The summed E-state index contributed by atoms with van der Waals surface area (Å²) in [5, 5.41) is 3.23. The molecule has 0 saturated heterocycles. The predicted octanol–water partition coefficient (Wildman–Crippen LogP) is 3.01. The first kappa shape index (κ1) is 11.9. The normalized spacial score (nSPS) is 19.0. The molecule has 18 heavy (non-hydrogen) atoms. The largest absolute Gasteiger partial charge is 0.487 e. The van der Waals surface area contributed by atoms with Gasteiger partial charge >= 0.3 is 0 Å². The monoisotopic (exact) mass is 253 g/mol. The van der Waals surface area contributed by atoms with Crippen LogP contribution in [-0.4, -0.2) is 12.6 Å². The van der Waals surface area contributed by atoms with Gasteiger partial charge in [-0.25, -0.2) is 8.78 Å². The molecule has 0 heterocycles. The molecular formula is C14H17F2NO. The van der Waals surface area contributed by atoms with Gasteiger partial charge in [0.15, 0.2) is 17.4 Å². The summed E-state index contributed by atoms with van der Waals surface area (Å²) >= 11 is 0. The molecule has 1 N–H and O–H groups in total. The second-order valence-corrected chi connectivity index (χ2v) is 5.30. The molecule has 0 unspecified atom stereocenters. The molecule has 0 bridgehead atoms. The lowest BCUT2D eigenvalue weighted by Crippen LogP contribution is -2.15. The fraction of sp³-hybridized carbons (Fsp3) is 0.571. The van der Waals surface area contributed by atoms with Gasteiger partial charge in [0.2, 0.25) is 0 Å². The topological polar surface area (TPSA) is 21.3 Å². The summed E-state index contributed by atoms with van der Waals surface area (Å²) in [6.45, 7) is 0.939. The van der Waals surface area contributed by atoms with E-state index in [1.165, 1.54) is 12.1 Å². The van der Waals surface area contributed by atoms with Gasteiger partial charge in [0.1, 0.15) is 0 Å². The number of benzene rings is 1. The Hall–Kier alpha value is -1.16. The fourth-order valence-electron chi connectivity index (χ4n) is 1.89. The number of hydrogen-bond donors (Lipinski definition) is 1. The first-order valence-corrected chi connectivity index (χ1v) is 6.56. The Labute approximate surface area is 105 Å². The van der Waals surface area contributed by atoms with Crippen molar-refractivity contribution in [3.05, 3.63) is 29.3 Å². The van der Waals surface area contributed by atoms with E-state index in [-0.39, 0.29) is 5.75 Å². The molecule has 2 fully saturated rings. The van der Waals surface area contributed by atoms with Crippen LogP contribution in [0.4, 0.5) is 8.78 Å². The molecule has 1 aromatic carbocycles. The van der Waals surface area contributed by atoms with E-state index < -0.39 is 11.6 Å². The summed E-state index contributed by atoms with van der Waals surface area (Å²) in [6, 6.07) is 3.25. The molecular weight excluding hydrogens is 236 g/mol. The molecule has 0 spiro atoms. The van der Waals surface area contributed by atoms with E-state index in [1.807, 2.05) is 0 Å². The van der Waals surface area contributed by atoms with Gasteiger partial charge in [0.05, 0.1) is 6.61 Å². The molecule has 2 saturated carbocycles. The standard InChI is InChI=1S/C14H17F2NO/c15-12-5-10(7-17-11-3-4-11)6-13(16)14(12)18-8-9-1-2-9/h5-6,9,11,17H,1-4,7-8H2. The van der Waals surface area contributed by atoms with Gasteiger partial charge in [-0.3, -0.25) is 0 Å². The van der Waals surface area contributed by atoms with Crippen molar-refractivity contribution in [1.82, 2.24) is 5.32 Å². The highest BCUT2D eigenvalue weighted by molar-refractivity contribution is 5.31. The van der Waals surface area contributed by atoms with Gasteiger partial charge in [-0.05, 0) is 49.3 Å². The molecule has 3 rings (SSSR count). The van der Waals surface area contributed by atoms with E-state index in [0.717, 1.165) is 25.7 Å². The van der Waals surface area contributed by atoms with Crippen LogP contribution in [0.5, 0.6) is 5.75 Å². The van der Waals surface area contributed by atoms with Crippen molar-refractivity contribution in [3.8, 4) is 5.75 Å². The van der Waals surface area contributed by atoms with Crippen molar-refractivity contribution in [1.29, 1.82) is 0 Å². The molecule has 0 aromatic heterocycles. The summed E-state index contributed by atoms with van der Waals surface area (Å²) in [7, 11) is 0. The number of nitrogens with one attached hydrogen (secondary N) is 1. The molecule has 4 heteroatoms. The van der Waals surface area contributed by atoms with Gasteiger partial charge in [-0.15, -0.1) is 0 Å². The van der Waals surface area contributed by atoms with E-state index >= 15 is 0 Å². The Morgan fingerprint density at radius 3 is 2.33 bits per heavy atom. The Balaban J connectivity index is 1.65. The van der Waals surface area contributed by atoms with Gasteiger partial charge < -0.3 is 10.1 Å². The van der Waals surface area contributed by atoms with Crippen LogP contribution in [0, 0.1) is 17.6 Å². The number of ether oxygens (including phenoxy) is 1. The van der Waals surface area contributed by atoms with Crippen LogP contribution in [-0.2, 0) is 6.54 Å². The molecule has 2 nitrogen and oxygen atoms in total. The second-order valence-electron chi connectivity index (χ2n) is 5.30. The fourth-order valence-corrected chi connectivity index (χ4v) is 1.89. The molecule has 0 amide bonds. The molecule has 0 radical (unpaired) electrons. The van der Waals surface area contributed by atoms with Crippen LogP contribution in [0.2, 0.25) is 0 Å². The summed E-state index contributed by atoms with van der Waals surface area (Å²) in [5.41, 5.74) is 0.635. The molecule has 0 aliphatic heterocycles. The Kier molecular flexibility index (Phi) is 3.20. The smallest absolute Gasteiger partial charge is 0.190 e. The lowest BCUT2D eigenvalue weighted by atomic mass is 10.2. The van der Waals surface area contributed by atoms with Crippen molar-refractivity contribution >= 4 is 0 Å². The van der Waals surface area contributed by atoms with Crippen molar-refractivity contribution < 1.29 is 13.5 Å². The van der Waals surface area contributed by atoms with Crippen LogP contribution < -0.4 is 10.1 Å². The first-order chi connectivity index (χ1) is 8.72. The van der Waals surface area contributed by atoms with Crippen LogP contribution in [0.1, 0.15) is 31.2 Å². The Bertz CT molecular complexity index is 418. The van der Waals surface area contributed by atoms with Gasteiger partial charge in [-0.1, -0.05) is 0 Å². The summed E-state index contributed by atoms with van der Waals surface area (Å²) in [5.74, 6) is -0.927. The minimum absolute atomic E-state index is 0.225. The summed E-state index contributed by atoms with van der Waals surface area (Å²) in [4.78, 5) is 0. The van der Waals surface area contributed by atoms with E-state index in [1.54, 1.807) is 0 Å². The number of halogens is 2. The van der Waals surface area contributed by atoms with Crippen molar-refractivity contribution in [2.45, 2.75) is 38.3 Å². The molecule has 1 aromatic rings. The third-order valence-corrected chi connectivity index (χ3v) is 3.39. The zero-order valence-electron chi connectivity index (χ0n) is 10.2. The summed E-state index contributed by atoms with van der Waals surface area (Å²) < 4.78 is 32.7. The van der Waals surface area contributed by atoms with Crippen LogP contribution >= 0.6 is 0 Å². The van der Waals surface area contributed by atoms with Gasteiger partial charge in [0.25, 0.3) is 0 Å². The number of hydrogen-bond acceptors (Lipinski definition) is 2. The van der Waals surface area contributed by atoms with E-state index in [0.29, 0.717) is 30.7 Å². The highest BCUT2D eigenvalue weighted by Crippen LogP contribution is 2.31. The van der Waals surface area contributed by atoms with Crippen LogP contribution in [0.3, 0.4) is 0 Å². The van der Waals surface area contributed by atoms with Crippen LogP contribution in [0.15, 0.2) is 12.1 Å². The van der Waals surface area contributed by atoms with E-state index in [2.05, 4.69) is 5.32 Å². The van der Waals surface area contributed by atoms with Crippen molar-refractivity contribution in [3.63, 3.8) is 0 Å². The highest BCUT2D eigenvalue weighted by atomic mass is 19.1. The number of rotatable bonds is 6. The molecule has 98 valence electrons. The summed E-state index contributed by atoms with van der Waals surface area (Å²) in [6.07, 6.45) is 4.53. The zero-order chi connectivity index (χ0) is 12.5. The molecule has 2 aliphatic carbocycles. The van der Waals surface area contributed by atoms with Crippen molar-refractivity contribution in [2.24, 2.45) is 5.92 Å². The SMILES string of the molecule is Fc1cc(CNC2CC2)cc(F)c1OCC1CC1. The average Bonchev–Trinajstić information content (AvgIpc) is 3.20. The first-order valence-electron chi connectivity index (χ1n) is 6.56. The third kappa shape index (κ3) is 2.99. The Morgan fingerprint density at radius 1 is 1.11 bits per heavy atom. The molecule has 2 aliphatic rings. The lowest BCUT2D eigenvalue weighted by Gasteiger charge is -2.10. The maximum absolute atomic E-state index is 13.7.